The van der Waals surface area contributed by atoms with Gasteiger partial charge >= 0.3 is 0 Å². The van der Waals surface area contributed by atoms with Gasteiger partial charge in [0.15, 0.2) is 5.13 Å². The molecule has 17 heavy (non-hydrogen) atoms. The highest BCUT2D eigenvalue weighted by molar-refractivity contribution is 7.15. The molecule has 1 aliphatic heterocycles. The van der Waals surface area contributed by atoms with Gasteiger partial charge in [-0.1, -0.05) is 0 Å². The van der Waals surface area contributed by atoms with Crippen molar-refractivity contribution in [3.8, 4) is 0 Å². The second-order valence-corrected chi connectivity index (χ2v) is 5.86. The van der Waals surface area contributed by atoms with Crippen LogP contribution in [0, 0.1) is 0 Å². The summed E-state index contributed by atoms with van der Waals surface area (Å²) in [5.74, 6) is 0. The maximum Gasteiger partial charge on any atom is 0.182 e. The topological polar surface area (TPSA) is 31.4 Å². The molecule has 0 amide bonds. The van der Waals surface area contributed by atoms with E-state index in [2.05, 4.69) is 41.0 Å². The van der Waals surface area contributed by atoms with Crippen LogP contribution >= 0.6 is 11.3 Å². The Bertz CT molecular complexity index is 352. The van der Waals surface area contributed by atoms with Crippen molar-refractivity contribution in [3.05, 3.63) is 11.1 Å². The molecule has 1 aromatic rings. The fraction of sp³-hybridized carbons (Fsp3) is 0.750. The van der Waals surface area contributed by atoms with Gasteiger partial charge in [0, 0.05) is 49.8 Å². The number of hydrogen-bond donors (Lipinski definition) is 1. The van der Waals surface area contributed by atoms with Gasteiger partial charge in [0.25, 0.3) is 0 Å². The van der Waals surface area contributed by atoms with Crippen LogP contribution < -0.4 is 5.32 Å². The maximum absolute atomic E-state index is 4.38. The van der Waals surface area contributed by atoms with E-state index in [0.717, 1.165) is 24.8 Å². The summed E-state index contributed by atoms with van der Waals surface area (Å²) in [7, 11) is 2.20. The van der Waals surface area contributed by atoms with Crippen LogP contribution in [0.15, 0.2) is 6.20 Å². The average Bonchev–Trinajstić information content (AvgIpc) is 2.71. The molecule has 0 bridgehead atoms. The van der Waals surface area contributed by atoms with Crippen molar-refractivity contribution < 1.29 is 0 Å². The van der Waals surface area contributed by atoms with E-state index in [0.29, 0.717) is 6.04 Å². The zero-order chi connectivity index (χ0) is 12.3. The number of aromatic nitrogens is 1. The molecule has 0 spiro atoms. The van der Waals surface area contributed by atoms with Crippen molar-refractivity contribution in [2.45, 2.75) is 26.4 Å². The van der Waals surface area contributed by atoms with Gasteiger partial charge < -0.3 is 10.2 Å². The molecule has 1 unspecified atom stereocenters. The van der Waals surface area contributed by atoms with Gasteiger partial charge in [-0.25, -0.2) is 4.98 Å². The van der Waals surface area contributed by atoms with Crippen molar-refractivity contribution in [2.24, 2.45) is 0 Å². The monoisotopic (exact) mass is 254 g/mol. The van der Waals surface area contributed by atoms with E-state index in [9.17, 15) is 0 Å². The predicted octanol–water partition coefficient (Wildman–Crippen LogP) is 1.71. The lowest BCUT2D eigenvalue weighted by Crippen LogP contribution is -2.49. The Hall–Kier alpha value is -0.650. The Balaban J connectivity index is 1.91. The molecule has 5 heteroatoms. The predicted molar refractivity (Wildman–Crippen MR) is 73.6 cm³/mol. The summed E-state index contributed by atoms with van der Waals surface area (Å²) in [6.07, 6.45) is 2.01. The first kappa shape index (κ1) is 12.8. The molecule has 1 N–H and O–H groups in total. The van der Waals surface area contributed by atoms with E-state index >= 15 is 0 Å². The Morgan fingerprint density at radius 1 is 1.53 bits per heavy atom. The summed E-state index contributed by atoms with van der Waals surface area (Å²) in [4.78, 5) is 10.7. The molecule has 2 rings (SSSR count). The van der Waals surface area contributed by atoms with Crippen molar-refractivity contribution in [3.63, 3.8) is 0 Å². The number of piperazine rings is 1. The molecule has 4 nitrogen and oxygen atoms in total. The maximum atomic E-state index is 4.38. The molecule has 0 aliphatic carbocycles. The van der Waals surface area contributed by atoms with Crippen molar-refractivity contribution >= 4 is 16.5 Å². The number of hydrogen-bond acceptors (Lipinski definition) is 5. The third-order valence-electron chi connectivity index (χ3n) is 3.21. The summed E-state index contributed by atoms with van der Waals surface area (Å²) in [6.45, 7) is 9.88. The number of nitrogens with zero attached hydrogens (tertiary/aromatic N) is 3. The lowest BCUT2D eigenvalue weighted by Gasteiger charge is -2.37. The van der Waals surface area contributed by atoms with E-state index in [4.69, 9.17) is 0 Å². The minimum atomic E-state index is 0.637. The van der Waals surface area contributed by atoms with Crippen LogP contribution in [0.3, 0.4) is 0 Å². The summed E-state index contributed by atoms with van der Waals surface area (Å²) < 4.78 is 0. The molecular formula is C12H22N4S. The van der Waals surface area contributed by atoms with Crippen LogP contribution in [0.2, 0.25) is 0 Å². The highest BCUT2D eigenvalue weighted by Gasteiger charge is 2.21. The van der Waals surface area contributed by atoms with Crippen molar-refractivity contribution in [1.82, 2.24) is 14.8 Å². The van der Waals surface area contributed by atoms with Gasteiger partial charge in [-0.2, -0.15) is 0 Å². The molecule has 0 radical (unpaired) electrons. The molecule has 2 heterocycles. The lowest BCUT2D eigenvalue weighted by atomic mass is 10.2. The standard InChI is InChI=1S/C12H22N4S/c1-4-13-12-14-7-11(17-12)9-16-6-5-15(3)8-10(16)2/h7,10H,4-6,8-9H2,1-3H3,(H,13,14). The van der Waals surface area contributed by atoms with Crippen molar-refractivity contribution in [1.29, 1.82) is 0 Å². The Kier molecular flexibility index (Phi) is 4.36. The van der Waals surface area contributed by atoms with Crippen LogP contribution in [-0.2, 0) is 6.54 Å². The third kappa shape index (κ3) is 3.40. The average molecular weight is 254 g/mol. The van der Waals surface area contributed by atoms with Gasteiger partial charge in [0.05, 0.1) is 0 Å². The molecule has 1 aromatic heterocycles. The first-order valence-corrected chi connectivity index (χ1v) is 7.12. The van der Waals surface area contributed by atoms with Gasteiger partial charge in [0.2, 0.25) is 0 Å². The van der Waals surface area contributed by atoms with Crippen molar-refractivity contribution in [2.75, 3.05) is 38.5 Å². The van der Waals surface area contributed by atoms with Crippen LogP contribution in [0.4, 0.5) is 5.13 Å². The fourth-order valence-electron chi connectivity index (χ4n) is 2.23. The molecule has 96 valence electrons. The van der Waals surface area contributed by atoms with E-state index in [1.165, 1.54) is 18.0 Å². The second-order valence-electron chi connectivity index (χ2n) is 4.74. The van der Waals surface area contributed by atoms with Gasteiger partial charge in [-0.3, -0.25) is 4.90 Å². The summed E-state index contributed by atoms with van der Waals surface area (Å²) in [5, 5.41) is 4.31. The number of thiazole rings is 1. The van der Waals surface area contributed by atoms with E-state index in [1.807, 2.05) is 6.20 Å². The lowest BCUT2D eigenvalue weighted by molar-refractivity contribution is 0.0947. The number of nitrogens with one attached hydrogen (secondary N) is 1. The summed E-state index contributed by atoms with van der Waals surface area (Å²) in [5.41, 5.74) is 0. The zero-order valence-corrected chi connectivity index (χ0v) is 11.8. The molecule has 0 saturated carbocycles. The van der Waals surface area contributed by atoms with Crippen LogP contribution in [0.1, 0.15) is 18.7 Å². The van der Waals surface area contributed by atoms with E-state index < -0.39 is 0 Å². The minimum Gasteiger partial charge on any atom is -0.362 e. The SMILES string of the molecule is CCNc1ncc(CN2CCN(C)CC2C)s1. The molecule has 1 aliphatic rings. The quantitative estimate of drug-likeness (QED) is 0.886. The summed E-state index contributed by atoms with van der Waals surface area (Å²) in [6, 6.07) is 0.637. The number of rotatable bonds is 4. The Morgan fingerprint density at radius 3 is 3.06 bits per heavy atom. The van der Waals surface area contributed by atoms with Gasteiger partial charge in [0.1, 0.15) is 0 Å². The first-order chi connectivity index (χ1) is 8.19. The largest absolute Gasteiger partial charge is 0.362 e. The smallest absolute Gasteiger partial charge is 0.182 e. The molecule has 1 atom stereocenters. The molecular weight excluding hydrogens is 232 g/mol. The van der Waals surface area contributed by atoms with Gasteiger partial charge in [-0.15, -0.1) is 11.3 Å². The highest BCUT2D eigenvalue weighted by atomic mass is 32.1. The minimum absolute atomic E-state index is 0.637. The van der Waals surface area contributed by atoms with Crippen LogP contribution in [-0.4, -0.2) is 54.1 Å². The highest BCUT2D eigenvalue weighted by Crippen LogP contribution is 2.21. The Labute approximate surface area is 108 Å². The molecule has 1 saturated heterocycles. The molecule has 1 fully saturated rings. The summed E-state index contributed by atoms with van der Waals surface area (Å²) >= 11 is 1.78. The van der Waals surface area contributed by atoms with Crippen LogP contribution in [0.25, 0.3) is 0 Å². The van der Waals surface area contributed by atoms with Crippen LogP contribution in [0.5, 0.6) is 0 Å². The number of likely N-dealkylation sites (N-methyl/N-ethyl adjacent to an activating group) is 1. The second kappa shape index (κ2) is 5.80. The van der Waals surface area contributed by atoms with E-state index in [1.54, 1.807) is 11.3 Å². The zero-order valence-electron chi connectivity index (χ0n) is 10.9. The first-order valence-electron chi connectivity index (χ1n) is 6.30. The van der Waals surface area contributed by atoms with E-state index in [-0.39, 0.29) is 0 Å². The fourth-order valence-corrected chi connectivity index (χ4v) is 3.13. The molecule has 0 aromatic carbocycles. The normalized spacial score (nSPS) is 22.9. The number of anilines is 1. The third-order valence-corrected chi connectivity index (χ3v) is 4.15. The Morgan fingerprint density at radius 2 is 2.35 bits per heavy atom. The van der Waals surface area contributed by atoms with Gasteiger partial charge in [-0.05, 0) is 20.9 Å².